The summed E-state index contributed by atoms with van der Waals surface area (Å²) in [5.41, 5.74) is 4.35. The van der Waals surface area contributed by atoms with Gasteiger partial charge < -0.3 is 15.9 Å². The quantitative estimate of drug-likeness (QED) is 0.329. The number of benzene rings is 1. The van der Waals surface area contributed by atoms with E-state index in [9.17, 15) is 34.2 Å². The highest BCUT2D eigenvalue weighted by Gasteiger charge is 2.66. The summed E-state index contributed by atoms with van der Waals surface area (Å²) in [5.74, 6) is -4.09. The van der Waals surface area contributed by atoms with Crippen LogP contribution in [0, 0.1) is 35.5 Å². The second-order valence-corrected chi connectivity index (χ2v) is 10.5. The smallest absolute Gasteiger partial charge is 0.235 e. The van der Waals surface area contributed by atoms with Crippen LogP contribution in [0.5, 0.6) is 5.75 Å². The highest BCUT2D eigenvalue weighted by Crippen LogP contribution is 2.51. The number of nitrogens with two attached hydrogens (primary N) is 1. The third-order valence-electron chi connectivity index (χ3n) is 7.94. The minimum atomic E-state index is -2.64. The van der Waals surface area contributed by atoms with Gasteiger partial charge in [0.1, 0.15) is 5.75 Å². The van der Waals surface area contributed by atoms with Crippen molar-refractivity contribution in [3.63, 3.8) is 0 Å². The zero-order chi connectivity index (χ0) is 26.5. The molecule has 2 fully saturated rings. The molecule has 3 aliphatic carbocycles. The molecule has 5 atom stereocenters. The molecule has 1 aromatic rings. The summed E-state index contributed by atoms with van der Waals surface area (Å²) in [6.07, 6.45) is 2.51. The summed E-state index contributed by atoms with van der Waals surface area (Å²) in [6.45, 7) is 5.97. The molecule has 36 heavy (non-hydrogen) atoms. The lowest BCUT2D eigenvalue weighted by Crippen LogP contribution is -2.68. The Kier molecular flexibility index (Phi) is 6.65. The molecule has 0 heterocycles. The summed E-state index contributed by atoms with van der Waals surface area (Å²) >= 11 is 0. The Morgan fingerprint density at radius 3 is 2.50 bits per heavy atom. The molecule has 8 nitrogen and oxygen atoms in total. The first kappa shape index (κ1) is 25.8. The van der Waals surface area contributed by atoms with Gasteiger partial charge in [-0.25, -0.2) is 0 Å². The molecule has 1 aromatic carbocycles. The van der Waals surface area contributed by atoms with Crippen molar-refractivity contribution >= 4 is 29.0 Å². The Morgan fingerprint density at radius 1 is 1.19 bits per heavy atom. The standard InChI is InChI=1S/C28H31NO7/c1-4-5-6-7-8-14-10-17(13(2)3)18-11-15-9-16-12-19(30)22(27(29)35)26(34)28(16,36)25(33)20(15)24(32)21(18)23(14)31/h10,13,15-16,20,22,31,36H,4-6,9,11-12H2,1-3H3,(H2,29,35)/t15-,16+,20?,22?,28+/m1/s1. The van der Waals surface area contributed by atoms with Gasteiger partial charge in [0.2, 0.25) is 5.91 Å². The van der Waals surface area contributed by atoms with Gasteiger partial charge in [-0.1, -0.05) is 39.0 Å². The summed E-state index contributed by atoms with van der Waals surface area (Å²) in [4.78, 5) is 64.7. The molecule has 8 heteroatoms. The van der Waals surface area contributed by atoms with Crippen molar-refractivity contribution in [2.75, 3.05) is 0 Å². The number of unbranched alkanes of at least 4 members (excludes halogenated alkanes) is 2. The molecule has 0 radical (unpaired) electrons. The summed E-state index contributed by atoms with van der Waals surface area (Å²) in [5, 5.41) is 22.4. The molecule has 1 amide bonds. The fourth-order valence-electron chi connectivity index (χ4n) is 6.10. The molecule has 0 aromatic heterocycles. The van der Waals surface area contributed by atoms with Crippen LogP contribution in [0.4, 0.5) is 0 Å². The number of aromatic hydroxyl groups is 1. The van der Waals surface area contributed by atoms with Crippen LogP contribution >= 0.6 is 0 Å². The van der Waals surface area contributed by atoms with Gasteiger partial charge in [0.05, 0.1) is 17.0 Å². The number of Topliss-reactive ketones (excluding diaryl/α,β-unsaturated/α-hetero) is 4. The number of carbonyl (C=O) groups excluding carboxylic acids is 5. The van der Waals surface area contributed by atoms with Gasteiger partial charge in [0, 0.05) is 18.8 Å². The van der Waals surface area contributed by atoms with Crippen LogP contribution in [-0.2, 0) is 25.6 Å². The zero-order valence-electron chi connectivity index (χ0n) is 20.7. The van der Waals surface area contributed by atoms with Crippen LogP contribution in [-0.4, -0.2) is 44.9 Å². The van der Waals surface area contributed by atoms with Crippen LogP contribution in [0.25, 0.3) is 0 Å². The highest BCUT2D eigenvalue weighted by molar-refractivity contribution is 6.31. The largest absolute Gasteiger partial charge is 0.506 e. The molecule has 0 spiro atoms. The van der Waals surface area contributed by atoms with Crippen molar-refractivity contribution in [1.82, 2.24) is 0 Å². The predicted octanol–water partition coefficient (Wildman–Crippen LogP) is 1.99. The van der Waals surface area contributed by atoms with E-state index < -0.39 is 58.3 Å². The molecular weight excluding hydrogens is 462 g/mol. The molecule has 2 saturated carbocycles. The average molecular weight is 494 g/mol. The van der Waals surface area contributed by atoms with Gasteiger partial charge in [0.25, 0.3) is 0 Å². The van der Waals surface area contributed by atoms with E-state index in [1.54, 1.807) is 6.07 Å². The van der Waals surface area contributed by atoms with E-state index in [-0.39, 0.29) is 36.5 Å². The van der Waals surface area contributed by atoms with Gasteiger partial charge >= 0.3 is 0 Å². The van der Waals surface area contributed by atoms with E-state index >= 15 is 0 Å². The average Bonchev–Trinajstić information content (AvgIpc) is 2.79. The van der Waals surface area contributed by atoms with Crippen molar-refractivity contribution in [3.8, 4) is 17.6 Å². The fourth-order valence-corrected chi connectivity index (χ4v) is 6.10. The predicted molar refractivity (Wildman–Crippen MR) is 129 cm³/mol. The lowest BCUT2D eigenvalue weighted by molar-refractivity contribution is -0.175. The normalized spacial score (nSPS) is 29.2. The Morgan fingerprint density at radius 2 is 1.89 bits per heavy atom. The van der Waals surface area contributed by atoms with Gasteiger partial charge in [-0.2, -0.15) is 0 Å². The minimum Gasteiger partial charge on any atom is -0.506 e. The van der Waals surface area contributed by atoms with E-state index in [2.05, 4.69) is 11.8 Å². The number of aliphatic hydroxyl groups is 1. The molecule has 3 aliphatic rings. The van der Waals surface area contributed by atoms with Gasteiger partial charge in [-0.3, -0.25) is 24.0 Å². The Labute approximate surface area is 209 Å². The lowest BCUT2D eigenvalue weighted by atomic mass is 9.53. The van der Waals surface area contributed by atoms with Crippen LogP contribution in [0.15, 0.2) is 6.07 Å². The number of primary amides is 1. The summed E-state index contributed by atoms with van der Waals surface area (Å²) in [7, 11) is 0. The fraction of sp³-hybridized carbons (Fsp3) is 0.536. The second kappa shape index (κ2) is 9.29. The molecule has 2 unspecified atom stereocenters. The highest BCUT2D eigenvalue weighted by atomic mass is 16.3. The first-order chi connectivity index (χ1) is 16.9. The van der Waals surface area contributed by atoms with Crippen LogP contribution < -0.4 is 5.73 Å². The van der Waals surface area contributed by atoms with Crippen molar-refractivity contribution in [2.45, 2.75) is 70.8 Å². The Bertz CT molecular complexity index is 1250. The number of hydrogen-bond acceptors (Lipinski definition) is 7. The van der Waals surface area contributed by atoms with E-state index in [1.807, 2.05) is 20.8 Å². The van der Waals surface area contributed by atoms with Crippen molar-refractivity contribution in [3.05, 3.63) is 28.3 Å². The number of phenolic OH excluding ortho intramolecular Hbond substituents is 1. The number of fused-ring (bicyclic) bond motifs is 3. The van der Waals surface area contributed by atoms with Crippen molar-refractivity contribution in [1.29, 1.82) is 0 Å². The maximum atomic E-state index is 13.8. The molecule has 0 bridgehead atoms. The first-order valence-electron chi connectivity index (χ1n) is 12.5. The van der Waals surface area contributed by atoms with Crippen LogP contribution in [0.2, 0.25) is 0 Å². The van der Waals surface area contributed by atoms with Gasteiger partial charge in [-0.15, -0.1) is 0 Å². The molecule has 0 aliphatic heterocycles. The SMILES string of the molecule is CCCCC#Cc1cc(C(C)C)c2c(c1O)C(=O)C1C(=O)[C@]3(O)C(=O)C(C(N)=O)C(=O)C[C@@H]3C[C@@H]1C2. The van der Waals surface area contributed by atoms with Gasteiger partial charge in [-0.05, 0) is 48.3 Å². The Hall–Kier alpha value is -3.31. The van der Waals surface area contributed by atoms with Crippen molar-refractivity contribution < 1.29 is 34.2 Å². The molecule has 4 N–H and O–H groups in total. The third-order valence-corrected chi connectivity index (χ3v) is 7.94. The number of carbonyl (C=O) groups is 5. The topological polar surface area (TPSA) is 152 Å². The molecule has 4 rings (SSSR count). The monoisotopic (exact) mass is 493 g/mol. The molecular formula is C28H31NO7. The number of amides is 1. The number of hydrogen-bond donors (Lipinski definition) is 3. The van der Waals surface area contributed by atoms with E-state index in [1.165, 1.54) is 0 Å². The Balaban J connectivity index is 1.82. The maximum absolute atomic E-state index is 13.8. The lowest BCUT2D eigenvalue weighted by Gasteiger charge is -2.48. The zero-order valence-corrected chi connectivity index (χ0v) is 20.7. The van der Waals surface area contributed by atoms with E-state index in [0.717, 1.165) is 18.4 Å². The van der Waals surface area contributed by atoms with E-state index in [4.69, 9.17) is 5.73 Å². The summed E-state index contributed by atoms with van der Waals surface area (Å²) < 4.78 is 0. The second-order valence-electron chi connectivity index (χ2n) is 10.5. The molecule has 0 saturated heterocycles. The number of ketones is 4. The first-order valence-corrected chi connectivity index (χ1v) is 12.5. The van der Waals surface area contributed by atoms with Crippen LogP contribution in [0.1, 0.15) is 85.8 Å². The minimum absolute atomic E-state index is 0.00317. The van der Waals surface area contributed by atoms with Gasteiger partial charge in [0.15, 0.2) is 34.7 Å². The van der Waals surface area contributed by atoms with Crippen LogP contribution in [0.3, 0.4) is 0 Å². The maximum Gasteiger partial charge on any atom is 0.235 e. The number of phenols is 1. The number of rotatable bonds is 4. The van der Waals surface area contributed by atoms with Crippen molar-refractivity contribution in [2.24, 2.45) is 29.4 Å². The van der Waals surface area contributed by atoms with E-state index in [0.29, 0.717) is 17.5 Å². The third kappa shape index (κ3) is 3.77. The summed E-state index contributed by atoms with van der Waals surface area (Å²) in [6, 6.07) is 1.79. The molecule has 190 valence electrons.